The molecule has 0 radical (unpaired) electrons. The van der Waals surface area contributed by atoms with Crippen LogP contribution in [0.4, 0.5) is 0 Å². The van der Waals surface area contributed by atoms with E-state index in [4.69, 9.17) is 5.73 Å². The third-order valence-electron chi connectivity index (χ3n) is 2.12. The lowest BCUT2D eigenvalue weighted by Crippen LogP contribution is -2.37. The summed E-state index contributed by atoms with van der Waals surface area (Å²) in [5.41, 5.74) is 6.19. The molecule has 13 heavy (non-hydrogen) atoms. The largest absolute Gasteiger partial charge is 0.322 e. The van der Waals surface area contributed by atoms with Crippen LogP contribution >= 0.6 is 12.4 Å². The fourth-order valence-electron chi connectivity index (χ4n) is 1.58. The van der Waals surface area contributed by atoms with E-state index in [2.05, 4.69) is 32.9 Å². The highest BCUT2D eigenvalue weighted by Gasteiger charge is 2.18. The summed E-state index contributed by atoms with van der Waals surface area (Å²) in [6, 6.07) is 0. The van der Waals surface area contributed by atoms with Gasteiger partial charge in [-0.1, -0.05) is 45.8 Å². The van der Waals surface area contributed by atoms with Crippen LogP contribution in [0, 0.1) is 0 Å². The zero-order valence-corrected chi connectivity index (χ0v) is 9.99. The molecule has 0 aromatic rings. The molecule has 0 saturated carbocycles. The van der Waals surface area contributed by atoms with Gasteiger partial charge >= 0.3 is 0 Å². The van der Waals surface area contributed by atoms with Crippen molar-refractivity contribution < 1.29 is 0 Å². The molecule has 0 amide bonds. The molecular weight excluding hydrogens is 182 g/mol. The van der Waals surface area contributed by atoms with E-state index in [-0.39, 0.29) is 17.9 Å². The molecule has 2 N–H and O–H groups in total. The van der Waals surface area contributed by atoms with Crippen LogP contribution in [0.3, 0.4) is 0 Å². The van der Waals surface area contributed by atoms with E-state index in [1.807, 2.05) is 0 Å². The van der Waals surface area contributed by atoms with Crippen molar-refractivity contribution in [2.45, 2.75) is 58.4 Å². The molecule has 0 aromatic carbocycles. The molecule has 0 atom stereocenters. The summed E-state index contributed by atoms with van der Waals surface area (Å²) >= 11 is 0. The molecule has 80 valence electrons. The van der Waals surface area contributed by atoms with Gasteiger partial charge in [-0.15, -0.1) is 12.4 Å². The quantitative estimate of drug-likeness (QED) is 0.658. The van der Waals surface area contributed by atoms with Crippen LogP contribution < -0.4 is 5.73 Å². The lowest BCUT2D eigenvalue weighted by molar-refractivity contribution is 0.439. The maximum Gasteiger partial charge on any atom is 0.0338 e. The Morgan fingerprint density at radius 2 is 1.54 bits per heavy atom. The van der Waals surface area contributed by atoms with E-state index in [0.717, 1.165) is 19.3 Å². The molecule has 0 rings (SSSR count). The fraction of sp³-hybridized carbons (Fsp3) is 0.818. The average molecular weight is 206 g/mol. The highest BCUT2D eigenvalue weighted by Crippen LogP contribution is 2.18. The van der Waals surface area contributed by atoms with Crippen molar-refractivity contribution >= 4 is 12.4 Å². The summed E-state index contributed by atoms with van der Waals surface area (Å²) in [7, 11) is 0. The summed E-state index contributed by atoms with van der Waals surface area (Å²) in [4.78, 5) is 0. The van der Waals surface area contributed by atoms with Crippen molar-refractivity contribution in [3.05, 3.63) is 12.2 Å². The second-order valence-electron chi connectivity index (χ2n) is 3.54. The van der Waals surface area contributed by atoms with Gasteiger partial charge in [0.2, 0.25) is 0 Å². The monoisotopic (exact) mass is 205 g/mol. The number of allylic oxidation sites excluding steroid dienone is 1. The zero-order chi connectivity index (χ0) is 9.45. The van der Waals surface area contributed by atoms with Gasteiger partial charge in [-0.2, -0.15) is 0 Å². The predicted molar refractivity (Wildman–Crippen MR) is 63.4 cm³/mol. The molecule has 0 aliphatic rings. The number of rotatable bonds is 6. The normalized spacial score (nSPS) is 11.7. The van der Waals surface area contributed by atoms with Gasteiger partial charge in [0.15, 0.2) is 0 Å². The lowest BCUT2D eigenvalue weighted by Gasteiger charge is -2.24. The number of nitrogens with two attached hydrogens (primary N) is 1. The minimum Gasteiger partial charge on any atom is -0.322 e. The van der Waals surface area contributed by atoms with Gasteiger partial charge in [-0.25, -0.2) is 0 Å². The number of hydrogen-bond acceptors (Lipinski definition) is 1. The summed E-state index contributed by atoms with van der Waals surface area (Å²) in [5.74, 6) is 0. The molecule has 0 aliphatic carbocycles. The van der Waals surface area contributed by atoms with Crippen molar-refractivity contribution in [3.8, 4) is 0 Å². The first kappa shape index (κ1) is 15.5. The molecule has 0 fully saturated rings. The van der Waals surface area contributed by atoms with Crippen LogP contribution in [0.25, 0.3) is 0 Å². The summed E-state index contributed by atoms with van der Waals surface area (Å²) in [6.45, 7) is 6.53. The van der Waals surface area contributed by atoms with Crippen molar-refractivity contribution in [1.29, 1.82) is 0 Å². The third kappa shape index (κ3) is 7.09. The second kappa shape index (κ2) is 8.58. The van der Waals surface area contributed by atoms with Gasteiger partial charge in [0, 0.05) is 5.54 Å². The Hall–Kier alpha value is -0.0100. The molecule has 0 spiro atoms. The van der Waals surface area contributed by atoms with Crippen LogP contribution in [0.1, 0.15) is 52.9 Å². The zero-order valence-electron chi connectivity index (χ0n) is 9.18. The average Bonchev–Trinajstić information content (AvgIpc) is 2.02. The van der Waals surface area contributed by atoms with E-state index >= 15 is 0 Å². The molecule has 0 bridgehead atoms. The first-order chi connectivity index (χ1) is 5.68. The fourth-order valence-corrected chi connectivity index (χ4v) is 1.58. The van der Waals surface area contributed by atoms with Crippen molar-refractivity contribution in [2.75, 3.05) is 0 Å². The molecule has 0 aromatic heterocycles. The topological polar surface area (TPSA) is 26.0 Å². The number of halogens is 1. The van der Waals surface area contributed by atoms with Crippen LogP contribution in [-0.2, 0) is 0 Å². The Balaban J connectivity index is 0. The summed E-state index contributed by atoms with van der Waals surface area (Å²) in [5, 5.41) is 0. The van der Waals surface area contributed by atoms with E-state index in [9.17, 15) is 0 Å². The minimum atomic E-state index is -0.0283. The van der Waals surface area contributed by atoms with Gasteiger partial charge in [-0.3, -0.25) is 0 Å². The third-order valence-corrected chi connectivity index (χ3v) is 2.12. The van der Waals surface area contributed by atoms with Crippen LogP contribution in [0.2, 0.25) is 0 Å². The maximum atomic E-state index is 6.22. The van der Waals surface area contributed by atoms with Gasteiger partial charge in [0.05, 0.1) is 0 Å². The van der Waals surface area contributed by atoms with Crippen molar-refractivity contribution in [1.82, 2.24) is 0 Å². The standard InChI is InChI=1S/C11H23N.ClH/c1-4-7-10-11(12,8-5-2)9-6-3;/h7,10H,4-6,8-9,12H2,1-3H3;1H/b10-7+;. The molecule has 0 saturated heterocycles. The summed E-state index contributed by atoms with van der Waals surface area (Å²) in [6.07, 6.45) is 10.0. The SMILES string of the molecule is CC/C=C/C(N)(CCC)CCC.Cl. The first-order valence-corrected chi connectivity index (χ1v) is 5.15. The van der Waals surface area contributed by atoms with Crippen LogP contribution in [-0.4, -0.2) is 5.54 Å². The van der Waals surface area contributed by atoms with Crippen LogP contribution in [0.15, 0.2) is 12.2 Å². The van der Waals surface area contributed by atoms with E-state index in [1.165, 1.54) is 12.8 Å². The van der Waals surface area contributed by atoms with Crippen molar-refractivity contribution in [2.24, 2.45) is 5.73 Å². The summed E-state index contributed by atoms with van der Waals surface area (Å²) < 4.78 is 0. The van der Waals surface area contributed by atoms with E-state index < -0.39 is 0 Å². The van der Waals surface area contributed by atoms with E-state index in [1.54, 1.807) is 0 Å². The van der Waals surface area contributed by atoms with Gasteiger partial charge in [-0.05, 0) is 19.3 Å². The first-order valence-electron chi connectivity index (χ1n) is 5.15. The molecular formula is C11H24ClN. The molecule has 0 aliphatic heterocycles. The Kier molecular flexibility index (Phi) is 10.2. The molecule has 1 nitrogen and oxygen atoms in total. The Morgan fingerprint density at radius 1 is 1.08 bits per heavy atom. The van der Waals surface area contributed by atoms with Crippen LogP contribution in [0.5, 0.6) is 0 Å². The Labute approximate surface area is 89.2 Å². The second-order valence-corrected chi connectivity index (χ2v) is 3.54. The molecule has 0 unspecified atom stereocenters. The van der Waals surface area contributed by atoms with E-state index in [0.29, 0.717) is 0 Å². The van der Waals surface area contributed by atoms with Gasteiger partial charge in [0.25, 0.3) is 0 Å². The highest BCUT2D eigenvalue weighted by atomic mass is 35.5. The number of hydrogen-bond donors (Lipinski definition) is 1. The smallest absolute Gasteiger partial charge is 0.0338 e. The van der Waals surface area contributed by atoms with Crippen molar-refractivity contribution in [3.63, 3.8) is 0 Å². The van der Waals surface area contributed by atoms with Gasteiger partial charge < -0.3 is 5.73 Å². The van der Waals surface area contributed by atoms with Gasteiger partial charge in [0.1, 0.15) is 0 Å². The highest BCUT2D eigenvalue weighted by molar-refractivity contribution is 5.85. The Bertz CT molecular complexity index is 126. The molecule has 2 heteroatoms. The minimum absolute atomic E-state index is 0. The Morgan fingerprint density at radius 3 is 1.85 bits per heavy atom. The lowest BCUT2D eigenvalue weighted by atomic mass is 9.89. The predicted octanol–water partition coefficient (Wildman–Crippen LogP) is 3.67. The molecule has 0 heterocycles. The maximum absolute atomic E-state index is 6.22.